The summed E-state index contributed by atoms with van der Waals surface area (Å²) in [4.78, 5) is 2.42. The van der Waals surface area contributed by atoms with E-state index in [0.29, 0.717) is 6.54 Å². The van der Waals surface area contributed by atoms with Crippen LogP contribution in [0.2, 0.25) is 0 Å². The van der Waals surface area contributed by atoms with E-state index in [0.717, 1.165) is 30.2 Å². The molecule has 0 fully saturated rings. The molecule has 1 atom stereocenters. The van der Waals surface area contributed by atoms with Crippen molar-refractivity contribution < 1.29 is 14.0 Å². The number of nitrogens with zero attached hydrogens (tertiary/aromatic N) is 2. The van der Waals surface area contributed by atoms with Crippen LogP contribution in [0, 0.1) is 0 Å². The summed E-state index contributed by atoms with van der Waals surface area (Å²) in [6.07, 6.45) is 2.64. The molecule has 0 unspecified atom stereocenters. The zero-order valence-corrected chi connectivity index (χ0v) is 15.0. The molecule has 2 heterocycles. The van der Waals surface area contributed by atoms with Gasteiger partial charge in [0, 0.05) is 12.6 Å². The van der Waals surface area contributed by atoms with Crippen molar-refractivity contribution in [2.24, 2.45) is 0 Å². The first-order valence-corrected chi connectivity index (χ1v) is 8.73. The molecule has 26 heavy (non-hydrogen) atoms. The van der Waals surface area contributed by atoms with Gasteiger partial charge in [-0.15, -0.1) is 0 Å². The van der Waals surface area contributed by atoms with Crippen LogP contribution in [0.25, 0.3) is 0 Å². The average Bonchev–Trinajstić information content (AvgIpc) is 3.20. The number of fused-ring (bicyclic) bond motifs is 1. The lowest BCUT2D eigenvalue weighted by Crippen LogP contribution is -2.35. The van der Waals surface area contributed by atoms with Crippen LogP contribution in [0.3, 0.4) is 0 Å². The van der Waals surface area contributed by atoms with Crippen molar-refractivity contribution >= 4 is 0 Å². The minimum absolute atomic E-state index is 0.129. The number of ether oxygens (including phenoxy) is 2. The summed E-state index contributed by atoms with van der Waals surface area (Å²) in [5.41, 5.74) is 3.80. The molecule has 2 aromatic carbocycles. The SMILES string of the molecule is COc1cc2c(cc1OC)[C@@H](c1ccccc1)N(Cc1ccno1)CC2. The van der Waals surface area contributed by atoms with Gasteiger partial charge in [-0.05, 0) is 35.2 Å². The fourth-order valence-corrected chi connectivity index (χ4v) is 3.72. The number of aromatic nitrogens is 1. The molecule has 5 nitrogen and oxygen atoms in total. The van der Waals surface area contributed by atoms with Gasteiger partial charge >= 0.3 is 0 Å². The minimum Gasteiger partial charge on any atom is -0.493 e. The Hall–Kier alpha value is -2.79. The lowest BCUT2D eigenvalue weighted by molar-refractivity contribution is 0.181. The zero-order valence-electron chi connectivity index (χ0n) is 15.0. The highest BCUT2D eigenvalue weighted by Crippen LogP contribution is 2.41. The lowest BCUT2D eigenvalue weighted by atomic mass is 9.87. The van der Waals surface area contributed by atoms with E-state index in [2.05, 4.69) is 46.5 Å². The van der Waals surface area contributed by atoms with Crippen molar-refractivity contribution in [3.63, 3.8) is 0 Å². The van der Waals surface area contributed by atoms with Gasteiger partial charge < -0.3 is 14.0 Å². The largest absolute Gasteiger partial charge is 0.493 e. The molecule has 3 aromatic rings. The molecule has 0 spiro atoms. The molecule has 1 aliphatic rings. The molecule has 0 saturated carbocycles. The van der Waals surface area contributed by atoms with Gasteiger partial charge in [-0.2, -0.15) is 0 Å². The maximum Gasteiger partial charge on any atom is 0.161 e. The Morgan fingerprint density at radius 3 is 2.54 bits per heavy atom. The van der Waals surface area contributed by atoms with Gasteiger partial charge in [0.1, 0.15) is 0 Å². The van der Waals surface area contributed by atoms with Gasteiger partial charge in [0.2, 0.25) is 0 Å². The van der Waals surface area contributed by atoms with Crippen molar-refractivity contribution in [3.8, 4) is 11.5 Å². The third-order valence-corrected chi connectivity index (χ3v) is 4.94. The van der Waals surface area contributed by atoms with Crippen LogP contribution in [0.15, 0.2) is 59.3 Å². The number of methoxy groups -OCH3 is 2. The van der Waals surface area contributed by atoms with Gasteiger partial charge in [0.15, 0.2) is 17.3 Å². The first kappa shape index (κ1) is 16.7. The topological polar surface area (TPSA) is 47.7 Å². The summed E-state index contributed by atoms with van der Waals surface area (Å²) in [6, 6.07) is 16.8. The van der Waals surface area contributed by atoms with E-state index in [-0.39, 0.29) is 6.04 Å². The highest BCUT2D eigenvalue weighted by Gasteiger charge is 2.30. The van der Waals surface area contributed by atoms with Gasteiger partial charge in [0.25, 0.3) is 0 Å². The van der Waals surface area contributed by atoms with Crippen LogP contribution >= 0.6 is 0 Å². The van der Waals surface area contributed by atoms with Crippen molar-refractivity contribution in [1.29, 1.82) is 0 Å². The maximum absolute atomic E-state index is 5.56. The molecule has 4 rings (SSSR count). The second-order valence-electron chi connectivity index (χ2n) is 6.42. The summed E-state index contributed by atoms with van der Waals surface area (Å²) in [7, 11) is 3.36. The van der Waals surface area contributed by atoms with Gasteiger partial charge in [-0.1, -0.05) is 35.5 Å². The molecular formula is C21H22N2O3. The fraction of sp³-hybridized carbons (Fsp3) is 0.286. The Balaban J connectivity index is 1.80. The van der Waals surface area contributed by atoms with Crippen LogP contribution in [0.5, 0.6) is 11.5 Å². The molecule has 0 amide bonds. The smallest absolute Gasteiger partial charge is 0.161 e. The standard InChI is InChI=1S/C21H22N2O3/c1-24-19-12-16-9-11-23(14-17-8-10-22-26-17)21(15-6-4-3-5-7-15)18(16)13-20(19)25-2/h3-8,10,12-13,21H,9,11,14H2,1-2H3/t21-/m1/s1. The Morgan fingerprint density at radius 1 is 1.08 bits per heavy atom. The number of benzene rings is 2. The fourth-order valence-electron chi connectivity index (χ4n) is 3.72. The van der Waals surface area contributed by atoms with E-state index in [1.807, 2.05) is 12.1 Å². The third-order valence-electron chi connectivity index (χ3n) is 4.94. The van der Waals surface area contributed by atoms with E-state index in [4.69, 9.17) is 14.0 Å². The Kier molecular flexibility index (Phi) is 4.63. The van der Waals surface area contributed by atoms with E-state index >= 15 is 0 Å². The maximum atomic E-state index is 5.56. The number of hydrogen-bond acceptors (Lipinski definition) is 5. The molecule has 1 aliphatic heterocycles. The molecule has 0 saturated heterocycles. The van der Waals surface area contributed by atoms with Crippen LogP contribution in [0.1, 0.15) is 28.5 Å². The van der Waals surface area contributed by atoms with Crippen LogP contribution in [-0.4, -0.2) is 30.8 Å². The van der Waals surface area contributed by atoms with Gasteiger partial charge in [-0.3, -0.25) is 4.90 Å². The molecular weight excluding hydrogens is 328 g/mol. The van der Waals surface area contributed by atoms with Crippen LogP contribution < -0.4 is 9.47 Å². The Bertz CT molecular complexity index is 862. The summed E-state index contributed by atoms with van der Waals surface area (Å²) in [5, 5.41) is 3.84. The third kappa shape index (κ3) is 3.06. The minimum atomic E-state index is 0.129. The monoisotopic (exact) mass is 350 g/mol. The highest BCUT2D eigenvalue weighted by molar-refractivity contribution is 5.51. The first-order valence-electron chi connectivity index (χ1n) is 8.73. The summed E-state index contributed by atoms with van der Waals surface area (Å²) in [6.45, 7) is 1.65. The Morgan fingerprint density at radius 2 is 1.85 bits per heavy atom. The average molecular weight is 350 g/mol. The van der Waals surface area contributed by atoms with Crippen molar-refractivity contribution in [2.45, 2.75) is 19.0 Å². The summed E-state index contributed by atoms with van der Waals surface area (Å²) >= 11 is 0. The number of hydrogen-bond donors (Lipinski definition) is 0. The Labute approximate surface area is 153 Å². The molecule has 0 bridgehead atoms. The van der Waals surface area contributed by atoms with Crippen molar-refractivity contribution in [3.05, 3.63) is 77.2 Å². The zero-order chi connectivity index (χ0) is 17.9. The normalized spacial score (nSPS) is 16.9. The van der Waals surface area contributed by atoms with Crippen LogP contribution in [-0.2, 0) is 13.0 Å². The molecule has 5 heteroatoms. The van der Waals surface area contributed by atoms with Gasteiger partial charge in [0.05, 0.1) is 33.0 Å². The predicted octanol–water partition coefficient (Wildman–Crippen LogP) is 3.84. The molecule has 0 aliphatic carbocycles. The van der Waals surface area contributed by atoms with Crippen LogP contribution in [0.4, 0.5) is 0 Å². The van der Waals surface area contributed by atoms with E-state index in [9.17, 15) is 0 Å². The summed E-state index contributed by atoms with van der Waals surface area (Å²) in [5.74, 6) is 2.41. The highest BCUT2D eigenvalue weighted by atomic mass is 16.5. The van der Waals surface area contributed by atoms with Gasteiger partial charge in [-0.25, -0.2) is 0 Å². The number of rotatable bonds is 5. The van der Waals surface area contributed by atoms with Crippen molar-refractivity contribution in [1.82, 2.24) is 10.1 Å². The molecule has 134 valence electrons. The molecule has 0 N–H and O–H groups in total. The predicted molar refractivity (Wildman–Crippen MR) is 98.4 cm³/mol. The second kappa shape index (κ2) is 7.22. The first-order chi connectivity index (χ1) is 12.8. The van der Waals surface area contributed by atoms with E-state index in [1.54, 1.807) is 20.4 Å². The quantitative estimate of drug-likeness (QED) is 0.700. The van der Waals surface area contributed by atoms with E-state index in [1.165, 1.54) is 16.7 Å². The van der Waals surface area contributed by atoms with Crippen molar-refractivity contribution in [2.75, 3.05) is 20.8 Å². The van der Waals surface area contributed by atoms with E-state index < -0.39 is 0 Å². The summed E-state index contributed by atoms with van der Waals surface area (Å²) < 4.78 is 16.4. The molecule has 0 radical (unpaired) electrons. The second-order valence-corrected chi connectivity index (χ2v) is 6.42. The lowest BCUT2D eigenvalue weighted by Gasteiger charge is -2.37. The molecule has 1 aromatic heterocycles.